The van der Waals surface area contributed by atoms with Crippen molar-refractivity contribution >= 4 is 22.6 Å². The monoisotopic (exact) mass is 211 g/mol. The van der Waals surface area contributed by atoms with Gasteiger partial charge in [0.05, 0.1) is 0 Å². The minimum absolute atomic E-state index is 0.153. The van der Waals surface area contributed by atoms with E-state index in [1.807, 2.05) is 0 Å². The number of halogens is 3. The van der Waals surface area contributed by atoms with Crippen molar-refractivity contribution in [3.8, 4) is 0 Å². The second-order valence-electron chi connectivity index (χ2n) is 2.10. The Morgan fingerprint density at radius 3 is 2.54 bits per heavy atom. The summed E-state index contributed by atoms with van der Waals surface area (Å²) in [7, 11) is 0. The van der Waals surface area contributed by atoms with Crippen molar-refractivity contribution in [2.45, 2.75) is 13.1 Å². The first-order chi connectivity index (χ1) is 5.89. The molecule has 0 fully saturated rings. The summed E-state index contributed by atoms with van der Waals surface area (Å²) in [5.41, 5.74) is 0. The van der Waals surface area contributed by atoms with Gasteiger partial charge in [-0.05, 0) is 0 Å². The van der Waals surface area contributed by atoms with Crippen molar-refractivity contribution in [3.63, 3.8) is 0 Å². The van der Waals surface area contributed by atoms with E-state index in [0.29, 0.717) is 11.5 Å². The van der Waals surface area contributed by atoms with Crippen LogP contribution in [-0.2, 0) is 11.0 Å². The van der Waals surface area contributed by atoms with Crippen molar-refractivity contribution in [2.24, 2.45) is 0 Å². The molecule has 0 saturated carbocycles. The van der Waals surface area contributed by atoms with Crippen molar-refractivity contribution in [3.05, 3.63) is 5.82 Å². The summed E-state index contributed by atoms with van der Waals surface area (Å²) in [4.78, 5) is 13.5. The molecule has 0 bridgehead atoms. The molecule has 1 amide bonds. The summed E-state index contributed by atoms with van der Waals surface area (Å²) in [5, 5.41) is 1.95. The number of amides is 1. The van der Waals surface area contributed by atoms with Gasteiger partial charge in [-0.3, -0.25) is 4.79 Å². The zero-order chi connectivity index (χ0) is 10.1. The number of rotatable bonds is 1. The molecule has 0 saturated heterocycles. The van der Waals surface area contributed by atoms with E-state index >= 15 is 0 Å². The van der Waals surface area contributed by atoms with Crippen LogP contribution in [0.25, 0.3) is 0 Å². The van der Waals surface area contributed by atoms with Crippen LogP contribution in [0, 0.1) is 0 Å². The molecular formula is C5H4F3N3OS. The van der Waals surface area contributed by atoms with E-state index in [2.05, 4.69) is 14.7 Å². The van der Waals surface area contributed by atoms with Gasteiger partial charge in [-0.25, -0.2) is 0 Å². The van der Waals surface area contributed by atoms with Crippen molar-refractivity contribution in [2.75, 3.05) is 5.32 Å². The first-order valence-electron chi connectivity index (χ1n) is 3.08. The third-order valence-corrected chi connectivity index (χ3v) is 1.59. The number of nitrogens with zero attached hydrogens (tertiary/aromatic N) is 2. The van der Waals surface area contributed by atoms with Gasteiger partial charge in [-0.2, -0.15) is 22.5 Å². The summed E-state index contributed by atoms with van der Waals surface area (Å²) >= 11 is 0.492. The molecule has 72 valence electrons. The Hall–Kier alpha value is -1.18. The van der Waals surface area contributed by atoms with E-state index in [1.165, 1.54) is 6.92 Å². The van der Waals surface area contributed by atoms with Crippen LogP contribution in [0.15, 0.2) is 0 Å². The highest BCUT2D eigenvalue weighted by atomic mass is 32.1. The van der Waals surface area contributed by atoms with Crippen molar-refractivity contribution in [1.82, 2.24) is 9.36 Å². The molecule has 0 atom stereocenters. The van der Waals surface area contributed by atoms with Crippen LogP contribution >= 0.6 is 11.5 Å². The smallest absolute Gasteiger partial charge is 0.301 e. The summed E-state index contributed by atoms with van der Waals surface area (Å²) in [5.74, 6) is -1.72. The van der Waals surface area contributed by atoms with Gasteiger partial charge in [-0.15, -0.1) is 0 Å². The second-order valence-corrected chi connectivity index (χ2v) is 2.85. The van der Waals surface area contributed by atoms with Crippen molar-refractivity contribution < 1.29 is 18.0 Å². The molecule has 4 nitrogen and oxygen atoms in total. The molecule has 1 rings (SSSR count). The molecule has 0 spiro atoms. The SMILES string of the molecule is CC(=O)Nc1nc(C(F)(F)F)ns1. The van der Waals surface area contributed by atoms with Crippen LogP contribution in [0.2, 0.25) is 0 Å². The predicted octanol–water partition coefficient (Wildman–Crippen LogP) is 1.52. The number of anilines is 1. The number of carbonyl (C=O) groups excluding carboxylic acids is 1. The molecule has 0 aliphatic rings. The lowest BCUT2D eigenvalue weighted by molar-refractivity contribution is -0.144. The van der Waals surface area contributed by atoms with E-state index in [1.54, 1.807) is 0 Å². The molecule has 1 aromatic rings. The average molecular weight is 211 g/mol. The fourth-order valence-corrected chi connectivity index (χ4v) is 1.17. The minimum atomic E-state index is -4.56. The van der Waals surface area contributed by atoms with Gasteiger partial charge < -0.3 is 5.32 Å². The second kappa shape index (κ2) is 3.29. The minimum Gasteiger partial charge on any atom is -0.301 e. The maximum atomic E-state index is 11.9. The first-order valence-corrected chi connectivity index (χ1v) is 3.85. The van der Waals surface area contributed by atoms with E-state index < -0.39 is 17.9 Å². The standard InChI is InChI=1S/C5H4F3N3OS/c1-2(12)9-4-10-3(11-13-4)5(6,7)8/h1H3,(H,9,10,11,12). The predicted molar refractivity (Wildman–Crippen MR) is 39.2 cm³/mol. The van der Waals surface area contributed by atoms with Gasteiger partial charge in [0, 0.05) is 18.5 Å². The largest absolute Gasteiger partial charge is 0.452 e. The highest BCUT2D eigenvalue weighted by Crippen LogP contribution is 2.28. The third kappa shape index (κ3) is 2.65. The Bertz CT molecular complexity index is 321. The zero-order valence-electron chi connectivity index (χ0n) is 6.34. The van der Waals surface area contributed by atoms with Gasteiger partial charge in [-0.1, -0.05) is 0 Å². The van der Waals surface area contributed by atoms with Gasteiger partial charge in [0.15, 0.2) is 0 Å². The third-order valence-electron chi connectivity index (χ3n) is 0.963. The van der Waals surface area contributed by atoms with E-state index in [9.17, 15) is 18.0 Å². The van der Waals surface area contributed by atoms with Crippen LogP contribution in [0.4, 0.5) is 18.3 Å². The summed E-state index contributed by atoms with van der Waals surface area (Å²) in [6, 6.07) is 0. The highest BCUT2D eigenvalue weighted by Gasteiger charge is 2.36. The van der Waals surface area contributed by atoms with Gasteiger partial charge >= 0.3 is 6.18 Å². The Morgan fingerprint density at radius 2 is 2.15 bits per heavy atom. The molecular weight excluding hydrogens is 207 g/mol. The lowest BCUT2D eigenvalue weighted by atomic mass is 10.6. The lowest BCUT2D eigenvalue weighted by Crippen LogP contribution is -2.09. The van der Waals surface area contributed by atoms with Crippen LogP contribution < -0.4 is 5.32 Å². The van der Waals surface area contributed by atoms with Crippen LogP contribution in [0.1, 0.15) is 12.7 Å². The van der Waals surface area contributed by atoms with E-state index in [4.69, 9.17) is 0 Å². The van der Waals surface area contributed by atoms with Crippen LogP contribution in [0.5, 0.6) is 0 Å². The molecule has 0 aromatic carbocycles. The highest BCUT2D eigenvalue weighted by molar-refractivity contribution is 7.09. The molecule has 1 N–H and O–H groups in total. The number of carbonyl (C=O) groups is 1. The van der Waals surface area contributed by atoms with Crippen LogP contribution in [-0.4, -0.2) is 15.3 Å². The summed E-state index contributed by atoms with van der Waals surface area (Å²) in [6.45, 7) is 1.18. The average Bonchev–Trinajstić information content (AvgIpc) is 2.32. The molecule has 8 heteroatoms. The molecule has 0 radical (unpaired) electrons. The van der Waals surface area contributed by atoms with Crippen LogP contribution in [0.3, 0.4) is 0 Å². The van der Waals surface area contributed by atoms with Gasteiger partial charge in [0.25, 0.3) is 0 Å². The summed E-state index contributed by atoms with van der Waals surface area (Å²) in [6.07, 6.45) is -4.56. The molecule has 1 heterocycles. The number of aromatic nitrogens is 2. The topological polar surface area (TPSA) is 54.9 Å². The number of alkyl halides is 3. The molecule has 0 aliphatic heterocycles. The maximum Gasteiger partial charge on any atom is 0.452 e. The molecule has 0 aliphatic carbocycles. The maximum absolute atomic E-state index is 11.9. The fourth-order valence-electron chi connectivity index (χ4n) is 0.540. The summed E-state index contributed by atoms with van der Waals surface area (Å²) < 4.78 is 38.8. The lowest BCUT2D eigenvalue weighted by Gasteiger charge is -1.97. The van der Waals surface area contributed by atoms with E-state index in [0.717, 1.165) is 0 Å². The van der Waals surface area contributed by atoms with Gasteiger partial charge in [0.1, 0.15) is 0 Å². The molecule has 1 aromatic heterocycles. The Balaban J connectivity index is 2.81. The normalized spacial score (nSPS) is 11.4. The Labute approximate surface area is 75.0 Å². The Kier molecular flexibility index (Phi) is 2.50. The quantitative estimate of drug-likeness (QED) is 0.766. The molecule has 13 heavy (non-hydrogen) atoms. The Morgan fingerprint density at radius 1 is 1.54 bits per heavy atom. The number of hydrogen-bond acceptors (Lipinski definition) is 4. The van der Waals surface area contributed by atoms with Crippen molar-refractivity contribution in [1.29, 1.82) is 0 Å². The number of nitrogens with one attached hydrogen (secondary N) is 1. The van der Waals surface area contributed by atoms with Gasteiger partial charge in [0.2, 0.25) is 16.9 Å². The molecule has 0 unspecified atom stereocenters. The number of hydrogen-bond donors (Lipinski definition) is 1. The first kappa shape index (κ1) is 9.90. The van der Waals surface area contributed by atoms with E-state index in [-0.39, 0.29) is 5.13 Å². The zero-order valence-corrected chi connectivity index (χ0v) is 7.16. The fraction of sp³-hybridized carbons (Fsp3) is 0.400.